The highest BCUT2D eigenvalue weighted by Gasteiger charge is 2.31. The molecule has 0 amide bonds. The molecule has 1 saturated carbocycles. The third-order valence-electron chi connectivity index (χ3n) is 4.84. The van der Waals surface area contributed by atoms with Gasteiger partial charge in [-0.25, -0.2) is 0 Å². The van der Waals surface area contributed by atoms with Crippen molar-refractivity contribution in [3.8, 4) is 0 Å². The molecule has 2 unspecified atom stereocenters. The maximum atomic E-state index is 9.39. The largest absolute Gasteiger partial charge is 0.394 e. The SMILES string of the molecule is CNC(C)(CO)CCCCN(CCOC)C(C)C1CC1. The average molecular weight is 286 g/mol. The lowest BCUT2D eigenvalue weighted by atomic mass is 9.96. The van der Waals surface area contributed by atoms with Crippen LogP contribution in [0.5, 0.6) is 0 Å². The Morgan fingerprint density at radius 1 is 1.35 bits per heavy atom. The quantitative estimate of drug-likeness (QED) is 0.538. The molecule has 4 nitrogen and oxygen atoms in total. The summed E-state index contributed by atoms with van der Waals surface area (Å²) in [5, 5.41) is 12.6. The highest BCUT2D eigenvalue weighted by molar-refractivity contribution is 4.85. The number of rotatable bonds is 12. The summed E-state index contributed by atoms with van der Waals surface area (Å²) in [6.45, 7) is 7.66. The summed E-state index contributed by atoms with van der Waals surface area (Å²) in [7, 11) is 3.70. The maximum Gasteiger partial charge on any atom is 0.0610 e. The number of nitrogens with one attached hydrogen (secondary N) is 1. The van der Waals surface area contributed by atoms with Crippen LogP contribution in [0.15, 0.2) is 0 Å². The molecule has 0 aliphatic heterocycles. The average Bonchev–Trinajstić information content (AvgIpc) is 3.30. The summed E-state index contributed by atoms with van der Waals surface area (Å²) in [5.74, 6) is 0.909. The van der Waals surface area contributed by atoms with Gasteiger partial charge in [0.15, 0.2) is 0 Å². The Morgan fingerprint density at radius 3 is 2.55 bits per heavy atom. The molecule has 0 spiro atoms. The lowest BCUT2D eigenvalue weighted by Crippen LogP contribution is -2.43. The minimum absolute atomic E-state index is 0.126. The number of hydrogen-bond donors (Lipinski definition) is 2. The fourth-order valence-corrected chi connectivity index (χ4v) is 2.72. The van der Waals surface area contributed by atoms with Crippen molar-refractivity contribution in [2.75, 3.05) is 40.5 Å². The lowest BCUT2D eigenvalue weighted by Gasteiger charge is -2.30. The van der Waals surface area contributed by atoms with Crippen molar-refractivity contribution in [1.29, 1.82) is 0 Å². The van der Waals surface area contributed by atoms with E-state index in [-0.39, 0.29) is 12.1 Å². The van der Waals surface area contributed by atoms with Gasteiger partial charge in [-0.3, -0.25) is 4.90 Å². The number of likely N-dealkylation sites (N-methyl/N-ethyl adjacent to an activating group) is 1. The molecule has 1 aliphatic carbocycles. The fraction of sp³-hybridized carbons (Fsp3) is 1.00. The van der Waals surface area contributed by atoms with Crippen molar-refractivity contribution >= 4 is 0 Å². The maximum absolute atomic E-state index is 9.39. The first-order valence-electron chi connectivity index (χ1n) is 8.09. The number of ether oxygens (including phenoxy) is 1. The van der Waals surface area contributed by atoms with Crippen LogP contribution in [0.2, 0.25) is 0 Å². The van der Waals surface area contributed by atoms with Crippen LogP contribution in [0.4, 0.5) is 0 Å². The first kappa shape index (κ1) is 17.9. The van der Waals surface area contributed by atoms with E-state index in [0.29, 0.717) is 6.04 Å². The minimum atomic E-state index is -0.126. The smallest absolute Gasteiger partial charge is 0.0610 e. The highest BCUT2D eigenvalue weighted by atomic mass is 16.5. The summed E-state index contributed by atoms with van der Waals surface area (Å²) in [6.07, 6.45) is 6.16. The van der Waals surface area contributed by atoms with Crippen LogP contribution in [-0.2, 0) is 4.74 Å². The standard InChI is InChI=1S/C16H34N2O2/c1-14(15-7-8-15)18(11-12-20-4)10-6-5-9-16(2,13-19)17-3/h14-15,17,19H,5-13H2,1-4H3. The summed E-state index contributed by atoms with van der Waals surface area (Å²) in [6, 6.07) is 0.693. The van der Waals surface area contributed by atoms with Crippen molar-refractivity contribution in [3.05, 3.63) is 0 Å². The molecule has 2 atom stereocenters. The van der Waals surface area contributed by atoms with Gasteiger partial charge >= 0.3 is 0 Å². The van der Waals surface area contributed by atoms with E-state index in [1.54, 1.807) is 7.11 Å². The van der Waals surface area contributed by atoms with Gasteiger partial charge in [0.05, 0.1) is 13.2 Å². The third kappa shape index (κ3) is 6.08. The van der Waals surface area contributed by atoms with E-state index < -0.39 is 0 Å². The number of unbranched alkanes of at least 4 members (excludes halogenated alkanes) is 1. The van der Waals surface area contributed by atoms with Crippen molar-refractivity contribution in [3.63, 3.8) is 0 Å². The third-order valence-corrected chi connectivity index (χ3v) is 4.84. The Labute approximate surface area is 124 Å². The Kier molecular flexibility index (Phi) is 8.03. The van der Waals surface area contributed by atoms with Gasteiger partial charge < -0.3 is 15.2 Å². The number of methoxy groups -OCH3 is 1. The van der Waals surface area contributed by atoms with Gasteiger partial charge in [0.2, 0.25) is 0 Å². The van der Waals surface area contributed by atoms with Gasteiger partial charge in [-0.2, -0.15) is 0 Å². The summed E-state index contributed by atoms with van der Waals surface area (Å²) in [4.78, 5) is 2.58. The first-order chi connectivity index (χ1) is 9.56. The van der Waals surface area contributed by atoms with E-state index in [4.69, 9.17) is 4.74 Å². The number of nitrogens with zero attached hydrogens (tertiary/aromatic N) is 1. The van der Waals surface area contributed by atoms with Crippen LogP contribution in [0.25, 0.3) is 0 Å². The molecule has 0 aromatic carbocycles. The lowest BCUT2D eigenvalue weighted by molar-refractivity contribution is 0.113. The zero-order valence-corrected chi connectivity index (χ0v) is 13.8. The fourth-order valence-electron chi connectivity index (χ4n) is 2.72. The molecule has 0 heterocycles. The molecule has 4 heteroatoms. The number of aliphatic hydroxyl groups is 1. The zero-order valence-electron chi connectivity index (χ0n) is 13.8. The van der Waals surface area contributed by atoms with Crippen LogP contribution >= 0.6 is 0 Å². The van der Waals surface area contributed by atoms with E-state index in [0.717, 1.165) is 38.5 Å². The van der Waals surface area contributed by atoms with Crippen LogP contribution in [0, 0.1) is 5.92 Å². The normalized spacial score (nSPS) is 20.1. The van der Waals surface area contributed by atoms with E-state index >= 15 is 0 Å². The molecule has 1 rings (SSSR count). The van der Waals surface area contributed by atoms with Gasteiger partial charge in [-0.15, -0.1) is 0 Å². The Balaban J connectivity index is 2.27. The second-order valence-corrected chi connectivity index (χ2v) is 6.53. The van der Waals surface area contributed by atoms with Gasteiger partial charge in [0, 0.05) is 25.2 Å². The van der Waals surface area contributed by atoms with E-state index in [9.17, 15) is 5.11 Å². The second-order valence-electron chi connectivity index (χ2n) is 6.53. The van der Waals surface area contributed by atoms with Gasteiger partial charge in [0.25, 0.3) is 0 Å². The second kappa shape index (κ2) is 8.98. The minimum Gasteiger partial charge on any atom is -0.394 e. The van der Waals surface area contributed by atoms with Gasteiger partial charge in [-0.05, 0) is 59.0 Å². The highest BCUT2D eigenvalue weighted by Crippen LogP contribution is 2.35. The van der Waals surface area contributed by atoms with E-state index in [1.165, 1.54) is 19.3 Å². The van der Waals surface area contributed by atoms with Crippen molar-refractivity contribution in [2.24, 2.45) is 5.92 Å². The Bertz CT molecular complexity index is 253. The van der Waals surface area contributed by atoms with Crippen LogP contribution in [-0.4, -0.2) is 62.0 Å². The van der Waals surface area contributed by atoms with Crippen LogP contribution < -0.4 is 5.32 Å². The van der Waals surface area contributed by atoms with Crippen molar-refractivity contribution in [2.45, 2.75) is 57.5 Å². The molecule has 2 N–H and O–H groups in total. The van der Waals surface area contributed by atoms with Crippen molar-refractivity contribution < 1.29 is 9.84 Å². The van der Waals surface area contributed by atoms with E-state index in [1.807, 2.05) is 7.05 Å². The Hall–Kier alpha value is -0.160. The molecular weight excluding hydrogens is 252 g/mol. The molecule has 1 fully saturated rings. The van der Waals surface area contributed by atoms with Crippen molar-refractivity contribution in [1.82, 2.24) is 10.2 Å². The molecule has 0 radical (unpaired) electrons. The molecular formula is C16H34N2O2. The summed E-state index contributed by atoms with van der Waals surface area (Å²) >= 11 is 0. The monoisotopic (exact) mass is 286 g/mol. The molecule has 120 valence electrons. The van der Waals surface area contributed by atoms with E-state index in [2.05, 4.69) is 24.1 Å². The number of aliphatic hydroxyl groups excluding tert-OH is 1. The predicted octanol–water partition coefficient (Wildman–Crippen LogP) is 1.87. The summed E-state index contributed by atoms with van der Waals surface area (Å²) in [5.41, 5.74) is -0.126. The molecule has 0 bridgehead atoms. The van der Waals surface area contributed by atoms with Crippen LogP contribution in [0.3, 0.4) is 0 Å². The summed E-state index contributed by atoms with van der Waals surface area (Å²) < 4.78 is 5.23. The Morgan fingerprint density at radius 2 is 2.05 bits per heavy atom. The van der Waals surface area contributed by atoms with Gasteiger partial charge in [-0.1, -0.05) is 6.42 Å². The first-order valence-corrected chi connectivity index (χ1v) is 8.09. The van der Waals surface area contributed by atoms with Gasteiger partial charge in [0.1, 0.15) is 0 Å². The molecule has 0 saturated heterocycles. The molecule has 20 heavy (non-hydrogen) atoms. The van der Waals surface area contributed by atoms with Crippen LogP contribution in [0.1, 0.15) is 46.0 Å². The molecule has 0 aromatic rings. The predicted molar refractivity (Wildman–Crippen MR) is 84.0 cm³/mol. The molecule has 1 aliphatic rings. The molecule has 0 aromatic heterocycles. The number of hydrogen-bond acceptors (Lipinski definition) is 4. The zero-order chi connectivity index (χ0) is 15.0. The topological polar surface area (TPSA) is 44.7 Å².